The van der Waals surface area contributed by atoms with E-state index in [4.69, 9.17) is 4.74 Å². The summed E-state index contributed by atoms with van der Waals surface area (Å²) in [6.07, 6.45) is 17.0. The van der Waals surface area contributed by atoms with Crippen LogP contribution in [0.3, 0.4) is 0 Å². The lowest BCUT2D eigenvalue weighted by Gasteiger charge is -2.17. The van der Waals surface area contributed by atoms with Gasteiger partial charge < -0.3 is 4.74 Å². The highest BCUT2D eigenvalue weighted by Crippen LogP contribution is 2.22. The summed E-state index contributed by atoms with van der Waals surface area (Å²) in [6.45, 7) is 5.09. The molecule has 0 aliphatic heterocycles. The lowest BCUT2D eigenvalue weighted by Crippen LogP contribution is -2.11. The fourth-order valence-electron chi connectivity index (χ4n) is 3.48. The topological polar surface area (TPSA) is 26.3 Å². The highest BCUT2D eigenvalue weighted by Gasteiger charge is 2.11. The number of rotatable bonds is 16. The van der Waals surface area contributed by atoms with E-state index in [0.29, 0.717) is 18.1 Å². The van der Waals surface area contributed by atoms with Crippen molar-refractivity contribution in [3.63, 3.8) is 0 Å². The molecular weight excluding hydrogens is 320 g/mol. The summed E-state index contributed by atoms with van der Waals surface area (Å²) in [4.78, 5) is 12.1. The maximum absolute atomic E-state index is 12.1. The fourth-order valence-corrected chi connectivity index (χ4v) is 3.48. The van der Waals surface area contributed by atoms with E-state index < -0.39 is 0 Å². The van der Waals surface area contributed by atoms with Gasteiger partial charge in [-0.05, 0) is 24.5 Å². The first-order chi connectivity index (χ1) is 12.8. The van der Waals surface area contributed by atoms with Gasteiger partial charge in [-0.2, -0.15) is 0 Å². The van der Waals surface area contributed by atoms with Gasteiger partial charge >= 0.3 is 5.97 Å². The number of hydrogen-bond acceptors (Lipinski definition) is 2. The Bertz CT molecular complexity index is 427. The maximum atomic E-state index is 12.1. The third kappa shape index (κ3) is 11.3. The van der Waals surface area contributed by atoms with Crippen LogP contribution in [-0.4, -0.2) is 12.6 Å². The third-order valence-electron chi connectivity index (χ3n) is 5.20. The molecule has 1 aromatic carbocycles. The molecule has 0 fully saturated rings. The normalized spacial score (nSPS) is 11.0. The molecule has 0 saturated heterocycles. The molecule has 0 aliphatic rings. The van der Waals surface area contributed by atoms with Crippen LogP contribution in [0.4, 0.5) is 0 Å². The molecule has 0 saturated carbocycles. The molecule has 2 nitrogen and oxygen atoms in total. The zero-order valence-electron chi connectivity index (χ0n) is 17.2. The summed E-state index contributed by atoms with van der Waals surface area (Å²) >= 11 is 0. The van der Waals surface area contributed by atoms with Gasteiger partial charge in [-0.15, -0.1) is 0 Å². The zero-order chi connectivity index (χ0) is 18.9. The van der Waals surface area contributed by atoms with Crippen LogP contribution in [0.15, 0.2) is 30.3 Å². The standard InChI is InChI=1S/C24H40O2/c1-3-5-7-9-12-16-22(17-13-10-8-6-4-2)20-21-26-24(25)23-18-14-11-15-19-23/h11,14-15,18-19,22H,3-10,12-13,16-17,20-21H2,1-2H3. The second kappa shape index (κ2) is 15.9. The first kappa shape index (κ1) is 22.7. The van der Waals surface area contributed by atoms with E-state index in [0.717, 1.165) is 6.42 Å². The van der Waals surface area contributed by atoms with Crippen LogP contribution in [0.25, 0.3) is 0 Å². The Morgan fingerprint density at radius 1 is 0.769 bits per heavy atom. The minimum atomic E-state index is -0.185. The SMILES string of the molecule is CCCCCCCC(CCCCCCC)CCOC(=O)c1ccccc1. The molecular formula is C24H40O2. The van der Waals surface area contributed by atoms with Gasteiger partial charge in [-0.25, -0.2) is 4.79 Å². The molecule has 0 aromatic heterocycles. The van der Waals surface area contributed by atoms with Crippen molar-refractivity contribution in [3.05, 3.63) is 35.9 Å². The molecule has 2 heteroatoms. The Morgan fingerprint density at radius 2 is 1.31 bits per heavy atom. The molecule has 0 bridgehead atoms. The van der Waals surface area contributed by atoms with Crippen molar-refractivity contribution in [2.75, 3.05) is 6.61 Å². The second-order valence-electron chi connectivity index (χ2n) is 7.56. The van der Waals surface area contributed by atoms with Crippen molar-refractivity contribution in [1.82, 2.24) is 0 Å². The van der Waals surface area contributed by atoms with Gasteiger partial charge in [0.1, 0.15) is 0 Å². The largest absolute Gasteiger partial charge is 0.462 e. The Hall–Kier alpha value is -1.31. The van der Waals surface area contributed by atoms with Crippen molar-refractivity contribution < 1.29 is 9.53 Å². The number of benzene rings is 1. The predicted molar refractivity (Wildman–Crippen MR) is 112 cm³/mol. The quantitative estimate of drug-likeness (QED) is 0.224. The van der Waals surface area contributed by atoms with E-state index in [2.05, 4.69) is 13.8 Å². The number of unbranched alkanes of at least 4 members (excludes halogenated alkanes) is 8. The summed E-state index contributed by atoms with van der Waals surface area (Å²) in [5.41, 5.74) is 0.656. The molecule has 0 aliphatic carbocycles. The summed E-state index contributed by atoms with van der Waals surface area (Å²) in [6, 6.07) is 9.32. The van der Waals surface area contributed by atoms with Crippen molar-refractivity contribution in [3.8, 4) is 0 Å². The molecule has 1 rings (SSSR count). The smallest absolute Gasteiger partial charge is 0.338 e. The first-order valence-corrected chi connectivity index (χ1v) is 11.0. The predicted octanol–water partition coefficient (Wildman–Crippen LogP) is 7.57. The minimum Gasteiger partial charge on any atom is -0.462 e. The molecule has 0 amide bonds. The Kier molecular flexibility index (Phi) is 13.9. The second-order valence-corrected chi connectivity index (χ2v) is 7.56. The van der Waals surface area contributed by atoms with E-state index >= 15 is 0 Å². The highest BCUT2D eigenvalue weighted by atomic mass is 16.5. The fraction of sp³-hybridized carbons (Fsp3) is 0.708. The zero-order valence-corrected chi connectivity index (χ0v) is 17.2. The van der Waals surface area contributed by atoms with Gasteiger partial charge in [0, 0.05) is 0 Å². The van der Waals surface area contributed by atoms with Crippen LogP contribution in [-0.2, 0) is 4.74 Å². The molecule has 0 radical (unpaired) electrons. The minimum absolute atomic E-state index is 0.185. The average molecular weight is 361 g/mol. The van der Waals surface area contributed by atoms with E-state index in [-0.39, 0.29) is 5.97 Å². The highest BCUT2D eigenvalue weighted by molar-refractivity contribution is 5.89. The Labute approximate surface area is 161 Å². The molecule has 26 heavy (non-hydrogen) atoms. The van der Waals surface area contributed by atoms with Crippen LogP contribution in [0.5, 0.6) is 0 Å². The lowest BCUT2D eigenvalue weighted by atomic mass is 9.92. The Morgan fingerprint density at radius 3 is 1.85 bits per heavy atom. The molecule has 148 valence electrons. The number of hydrogen-bond donors (Lipinski definition) is 0. The molecule has 0 spiro atoms. The van der Waals surface area contributed by atoms with Gasteiger partial charge in [0.25, 0.3) is 0 Å². The van der Waals surface area contributed by atoms with Crippen LogP contribution in [0.2, 0.25) is 0 Å². The monoisotopic (exact) mass is 360 g/mol. The third-order valence-corrected chi connectivity index (χ3v) is 5.20. The molecule has 0 heterocycles. The summed E-state index contributed by atoms with van der Waals surface area (Å²) < 4.78 is 5.51. The van der Waals surface area contributed by atoms with E-state index in [1.54, 1.807) is 0 Å². The first-order valence-electron chi connectivity index (χ1n) is 11.0. The number of carbonyl (C=O) groups is 1. The maximum Gasteiger partial charge on any atom is 0.338 e. The van der Waals surface area contributed by atoms with Gasteiger partial charge in [0.15, 0.2) is 0 Å². The number of ether oxygens (including phenoxy) is 1. The van der Waals surface area contributed by atoms with E-state index in [9.17, 15) is 4.79 Å². The number of carbonyl (C=O) groups excluding carboxylic acids is 1. The van der Waals surface area contributed by atoms with Crippen LogP contribution in [0.1, 0.15) is 108 Å². The van der Waals surface area contributed by atoms with Gasteiger partial charge in [-0.3, -0.25) is 0 Å². The van der Waals surface area contributed by atoms with Crippen molar-refractivity contribution in [2.45, 2.75) is 97.3 Å². The van der Waals surface area contributed by atoms with Gasteiger partial charge in [0.2, 0.25) is 0 Å². The van der Waals surface area contributed by atoms with Crippen molar-refractivity contribution in [1.29, 1.82) is 0 Å². The molecule has 0 atom stereocenters. The van der Waals surface area contributed by atoms with Gasteiger partial charge in [0.05, 0.1) is 12.2 Å². The Balaban J connectivity index is 2.28. The molecule has 1 aromatic rings. The van der Waals surface area contributed by atoms with Crippen LogP contribution >= 0.6 is 0 Å². The summed E-state index contributed by atoms with van der Waals surface area (Å²) in [5.74, 6) is 0.525. The van der Waals surface area contributed by atoms with Crippen molar-refractivity contribution >= 4 is 5.97 Å². The van der Waals surface area contributed by atoms with Crippen LogP contribution < -0.4 is 0 Å². The van der Waals surface area contributed by atoms with E-state index in [1.165, 1.54) is 77.0 Å². The van der Waals surface area contributed by atoms with Crippen LogP contribution in [0, 0.1) is 5.92 Å². The average Bonchev–Trinajstić information content (AvgIpc) is 2.67. The summed E-state index contributed by atoms with van der Waals surface area (Å²) in [7, 11) is 0. The molecule has 0 N–H and O–H groups in total. The van der Waals surface area contributed by atoms with Crippen molar-refractivity contribution in [2.24, 2.45) is 5.92 Å². The summed E-state index contributed by atoms with van der Waals surface area (Å²) in [5, 5.41) is 0. The number of esters is 1. The van der Waals surface area contributed by atoms with Gasteiger partial charge in [-0.1, -0.05) is 109 Å². The van der Waals surface area contributed by atoms with E-state index in [1.807, 2.05) is 30.3 Å². The lowest BCUT2D eigenvalue weighted by molar-refractivity contribution is 0.0478. The molecule has 0 unspecified atom stereocenters.